The first-order chi connectivity index (χ1) is 9.81. The van der Waals surface area contributed by atoms with Crippen molar-refractivity contribution in [2.45, 2.75) is 12.7 Å². The molecule has 5 nitrogen and oxygen atoms in total. The quantitative estimate of drug-likeness (QED) is 0.912. The fourth-order valence-electron chi connectivity index (χ4n) is 1.78. The van der Waals surface area contributed by atoms with Gasteiger partial charge in [-0.2, -0.15) is 18.3 Å². The van der Waals surface area contributed by atoms with Crippen LogP contribution in [0.25, 0.3) is 0 Å². The standard InChI is InChI=1S/C13H13F3N4O/c1-20-7-9(6-17)11(19-20)18-12(21)8-2-4-10(5-3-8)13(14,15)16/h2-5,7H,6,17H2,1H3,(H,18,19,21). The molecule has 0 fully saturated rings. The molecule has 0 bridgehead atoms. The largest absolute Gasteiger partial charge is 0.416 e. The smallest absolute Gasteiger partial charge is 0.326 e. The summed E-state index contributed by atoms with van der Waals surface area (Å²) >= 11 is 0. The van der Waals surface area contributed by atoms with Gasteiger partial charge in [0.15, 0.2) is 5.82 Å². The molecule has 1 aromatic carbocycles. The average Bonchev–Trinajstić information content (AvgIpc) is 2.78. The van der Waals surface area contributed by atoms with E-state index in [9.17, 15) is 18.0 Å². The van der Waals surface area contributed by atoms with Crippen molar-refractivity contribution >= 4 is 11.7 Å². The van der Waals surface area contributed by atoms with Crippen LogP contribution in [0.4, 0.5) is 19.0 Å². The lowest BCUT2D eigenvalue weighted by molar-refractivity contribution is -0.137. The first-order valence-electron chi connectivity index (χ1n) is 6.02. The Kier molecular flexibility index (Phi) is 3.99. The molecule has 8 heteroatoms. The number of carbonyl (C=O) groups excluding carboxylic acids is 1. The molecule has 0 radical (unpaired) electrons. The fourth-order valence-corrected chi connectivity index (χ4v) is 1.78. The van der Waals surface area contributed by atoms with Crippen molar-refractivity contribution in [3.63, 3.8) is 0 Å². The van der Waals surface area contributed by atoms with E-state index >= 15 is 0 Å². The predicted molar refractivity (Wildman–Crippen MR) is 70.5 cm³/mol. The van der Waals surface area contributed by atoms with Gasteiger partial charge in [0.1, 0.15) is 0 Å². The molecule has 0 spiro atoms. The number of aromatic nitrogens is 2. The van der Waals surface area contributed by atoms with Gasteiger partial charge in [0.2, 0.25) is 0 Å². The Morgan fingerprint density at radius 1 is 1.33 bits per heavy atom. The highest BCUT2D eigenvalue weighted by molar-refractivity contribution is 6.04. The van der Waals surface area contributed by atoms with Gasteiger partial charge in [-0.1, -0.05) is 0 Å². The molecule has 1 amide bonds. The summed E-state index contributed by atoms with van der Waals surface area (Å²) in [7, 11) is 1.67. The van der Waals surface area contributed by atoms with Crippen LogP contribution in [0.1, 0.15) is 21.5 Å². The summed E-state index contributed by atoms with van der Waals surface area (Å²) in [5, 5.41) is 6.55. The van der Waals surface area contributed by atoms with E-state index in [-0.39, 0.29) is 12.1 Å². The number of nitrogens with zero attached hydrogens (tertiary/aromatic N) is 2. The summed E-state index contributed by atoms with van der Waals surface area (Å²) in [5.74, 6) is -0.248. The van der Waals surface area contributed by atoms with Crippen LogP contribution in [0.2, 0.25) is 0 Å². The molecule has 2 aromatic rings. The van der Waals surface area contributed by atoms with Gasteiger partial charge in [-0.25, -0.2) is 0 Å². The number of carbonyl (C=O) groups is 1. The van der Waals surface area contributed by atoms with Crippen LogP contribution in [-0.2, 0) is 19.8 Å². The van der Waals surface area contributed by atoms with Crippen molar-refractivity contribution in [1.29, 1.82) is 0 Å². The topological polar surface area (TPSA) is 72.9 Å². The zero-order valence-corrected chi connectivity index (χ0v) is 11.1. The van der Waals surface area contributed by atoms with Crippen LogP contribution in [0.3, 0.4) is 0 Å². The van der Waals surface area contributed by atoms with Gasteiger partial charge < -0.3 is 11.1 Å². The molecule has 0 atom stereocenters. The highest BCUT2D eigenvalue weighted by Gasteiger charge is 2.30. The number of benzene rings is 1. The maximum atomic E-state index is 12.4. The lowest BCUT2D eigenvalue weighted by Gasteiger charge is -2.08. The van der Waals surface area contributed by atoms with Gasteiger partial charge in [-0.05, 0) is 24.3 Å². The minimum Gasteiger partial charge on any atom is -0.326 e. The Morgan fingerprint density at radius 2 is 1.95 bits per heavy atom. The third-order valence-corrected chi connectivity index (χ3v) is 2.83. The van der Waals surface area contributed by atoms with Gasteiger partial charge in [-0.3, -0.25) is 9.48 Å². The molecule has 0 aliphatic carbocycles. The third kappa shape index (κ3) is 3.40. The van der Waals surface area contributed by atoms with E-state index in [0.29, 0.717) is 11.4 Å². The Hall–Kier alpha value is -2.35. The molecule has 0 saturated carbocycles. The summed E-state index contributed by atoms with van der Waals surface area (Å²) in [6.45, 7) is 0.191. The van der Waals surface area contributed by atoms with Crippen LogP contribution in [0, 0.1) is 0 Å². The summed E-state index contributed by atoms with van der Waals surface area (Å²) < 4.78 is 38.8. The SMILES string of the molecule is Cn1cc(CN)c(NC(=O)c2ccc(C(F)(F)F)cc2)n1. The molecule has 0 unspecified atom stereocenters. The van der Waals surface area contributed by atoms with Gasteiger partial charge in [0, 0.05) is 30.9 Å². The van der Waals surface area contributed by atoms with E-state index in [1.54, 1.807) is 13.2 Å². The average molecular weight is 298 g/mol. The van der Waals surface area contributed by atoms with Gasteiger partial charge in [0.25, 0.3) is 5.91 Å². The number of amides is 1. The van der Waals surface area contributed by atoms with Crippen LogP contribution >= 0.6 is 0 Å². The highest BCUT2D eigenvalue weighted by atomic mass is 19.4. The molecule has 3 N–H and O–H groups in total. The minimum absolute atomic E-state index is 0.108. The zero-order valence-electron chi connectivity index (χ0n) is 11.1. The maximum Gasteiger partial charge on any atom is 0.416 e. The third-order valence-electron chi connectivity index (χ3n) is 2.83. The Balaban J connectivity index is 2.17. The Labute approximate surface area is 118 Å². The molecular weight excluding hydrogens is 285 g/mol. The van der Waals surface area contributed by atoms with Crippen LogP contribution in [-0.4, -0.2) is 15.7 Å². The van der Waals surface area contributed by atoms with Gasteiger partial charge >= 0.3 is 6.18 Å². The number of hydrogen-bond donors (Lipinski definition) is 2. The number of hydrogen-bond acceptors (Lipinski definition) is 3. The Morgan fingerprint density at radius 3 is 2.48 bits per heavy atom. The molecule has 0 saturated heterocycles. The van der Waals surface area contributed by atoms with Crippen LogP contribution < -0.4 is 11.1 Å². The molecule has 0 aliphatic rings. The molecule has 112 valence electrons. The summed E-state index contributed by atoms with van der Waals surface area (Å²) in [6, 6.07) is 3.95. The van der Waals surface area contributed by atoms with Crippen molar-refractivity contribution in [1.82, 2.24) is 9.78 Å². The van der Waals surface area contributed by atoms with E-state index in [1.807, 2.05) is 0 Å². The number of anilines is 1. The second-order valence-electron chi connectivity index (χ2n) is 4.41. The van der Waals surface area contributed by atoms with Gasteiger partial charge in [0.05, 0.1) is 5.56 Å². The molecule has 2 rings (SSSR count). The van der Waals surface area contributed by atoms with Crippen molar-refractivity contribution in [3.8, 4) is 0 Å². The van der Waals surface area contributed by atoms with Crippen LogP contribution in [0.5, 0.6) is 0 Å². The first-order valence-corrected chi connectivity index (χ1v) is 6.02. The van der Waals surface area contributed by atoms with E-state index in [4.69, 9.17) is 5.73 Å². The van der Waals surface area contributed by atoms with Crippen molar-refractivity contribution < 1.29 is 18.0 Å². The summed E-state index contributed by atoms with van der Waals surface area (Å²) in [6.07, 6.45) is -2.77. The normalized spacial score (nSPS) is 11.5. The number of nitrogens with two attached hydrogens (primary N) is 1. The van der Waals surface area contributed by atoms with E-state index < -0.39 is 17.6 Å². The predicted octanol–water partition coefficient (Wildman–Crippen LogP) is 2.15. The number of aryl methyl sites for hydroxylation is 1. The first kappa shape index (κ1) is 15.0. The van der Waals surface area contributed by atoms with Crippen molar-refractivity contribution in [2.75, 3.05) is 5.32 Å². The number of halogens is 3. The summed E-state index contributed by atoms with van der Waals surface area (Å²) in [4.78, 5) is 12.0. The lowest BCUT2D eigenvalue weighted by Crippen LogP contribution is -2.15. The van der Waals surface area contributed by atoms with E-state index in [1.165, 1.54) is 4.68 Å². The molecule has 0 aliphatic heterocycles. The number of alkyl halides is 3. The lowest BCUT2D eigenvalue weighted by atomic mass is 10.1. The maximum absolute atomic E-state index is 12.4. The monoisotopic (exact) mass is 298 g/mol. The Bertz CT molecular complexity index is 646. The summed E-state index contributed by atoms with van der Waals surface area (Å²) in [5.41, 5.74) is 5.46. The minimum atomic E-state index is -4.43. The fraction of sp³-hybridized carbons (Fsp3) is 0.231. The second kappa shape index (κ2) is 5.57. The molecular formula is C13H13F3N4O. The van der Waals surface area contributed by atoms with Crippen molar-refractivity contribution in [2.24, 2.45) is 12.8 Å². The molecule has 1 heterocycles. The number of nitrogens with one attached hydrogen (secondary N) is 1. The zero-order chi connectivity index (χ0) is 15.6. The van der Waals surface area contributed by atoms with Crippen molar-refractivity contribution in [3.05, 3.63) is 47.2 Å². The number of rotatable bonds is 3. The second-order valence-corrected chi connectivity index (χ2v) is 4.41. The van der Waals surface area contributed by atoms with E-state index in [0.717, 1.165) is 24.3 Å². The van der Waals surface area contributed by atoms with E-state index in [2.05, 4.69) is 10.4 Å². The van der Waals surface area contributed by atoms with Gasteiger partial charge in [-0.15, -0.1) is 0 Å². The molecule has 1 aromatic heterocycles. The highest BCUT2D eigenvalue weighted by Crippen LogP contribution is 2.29. The molecule has 21 heavy (non-hydrogen) atoms. The van der Waals surface area contributed by atoms with Crippen LogP contribution in [0.15, 0.2) is 30.5 Å².